The molecule has 1 atom stereocenters. The fraction of sp³-hybridized carbons (Fsp3) is 0.190. The Hall–Kier alpha value is -3.06. The van der Waals surface area contributed by atoms with E-state index < -0.39 is 0 Å². The molecule has 2 heterocycles. The van der Waals surface area contributed by atoms with Gasteiger partial charge >= 0.3 is 0 Å². The van der Waals surface area contributed by atoms with Crippen LogP contribution in [0.25, 0.3) is 11.1 Å². The first-order valence-corrected chi connectivity index (χ1v) is 9.87. The van der Waals surface area contributed by atoms with Crippen LogP contribution in [0.4, 0.5) is 0 Å². The van der Waals surface area contributed by atoms with Crippen LogP contribution in [0.1, 0.15) is 40.5 Å². The molecule has 4 rings (SSSR count). The summed E-state index contributed by atoms with van der Waals surface area (Å²) in [6, 6.07) is 15.5. The van der Waals surface area contributed by atoms with Crippen LogP contribution in [0.5, 0.6) is 0 Å². The van der Waals surface area contributed by atoms with E-state index in [0.717, 1.165) is 22.2 Å². The summed E-state index contributed by atoms with van der Waals surface area (Å²) in [5, 5.41) is 3.47. The fourth-order valence-corrected chi connectivity index (χ4v) is 3.47. The number of hydrogen-bond acceptors (Lipinski definition) is 6. The number of aromatic nitrogens is 2. The number of fused-ring (bicyclic) bond motifs is 1. The van der Waals surface area contributed by atoms with Gasteiger partial charge in [-0.05, 0) is 37.1 Å². The SMILES string of the molecule is Cc1ccc2oc(SCc3nc(C(=O)N[C@@H](C)c4ccccc4)co3)nc2c1. The fourth-order valence-electron chi connectivity index (χ4n) is 2.78. The van der Waals surface area contributed by atoms with Crippen molar-refractivity contribution in [2.24, 2.45) is 0 Å². The van der Waals surface area contributed by atoms with Gasteiger partial charge in [-0.15, -0.1) is 0 Å². The van der Waals surface area contributed by atoms with E-state index in [1.807, 2.05) is 62.4 Å². The molecule has 1 amide bonds. The van der Waals surface area contributed by atoms with Crippen molar-refractivity contribution in [3.63, 3.8) is 0 Å². The topological polar surface area (TPSA) is 81.2 Å². The number of amides is 1. The molecule has 0 bridgehead atoms. The highest BCUT2D eigenvalue weighted by Crippen LogP contribution is 2.26. The first-order chi connectivity index (χ1) is 13.6. The molecule has 2 aromatic carbocycles. The van der Waals surface area contributed by atoms with E-state index in [-0.39, 0.29) is 17.6 Å². The highest BCUT2D eigenvalue weighted by atomic mass is 32.2. The number of aryl methyl sites for hydroxylation is 1. The minimum absolute atomic E-state index is 0.119. The number of carbonyl (C=O) groups excluding carboxylic acids is 1. The van der Waals surface area contributed by atoms with Crippen LogP contribution in [0, 0.1) is 6.92 Å². The average Bonchev–Trinajstić information content (AvgIpc) is 3.33. The number of hydrogen-bond donors (Lipinski definition) is 1. The van der Waals surface area contributed by atoms with E-state index in [1.54, 1.807) is 0 Å². The summed E-state index contributed by atoms with van der Waals surface area (Å²) in [4.78, 5) is 21.1. The Balaban J connectivity index is 1.37. The molecule has 0 unspecified atom stereocenters. The second-order valence-corrected chi connectivity index (χ2v) is 7.40. The van der Waals surface area contributed by atoms with Crippen LogP contribution in [-0.2, 0) is 5.75 Å². The third-order valence-corrected chi connectivity index (χ3v) is 5.09. The predicted molar refractivity (Wildman–Crippen MR) is 107 cm³/mol. The van der Waals surface area contributed by atoms with Gasteiger partial charge in [0.05, 0.1) is 11.8 Å². The summed E-state index contributed by atoms with van der Waals surface area (Å²) in [5.41, 5.74) is 3.98. The molecule has 0 saturated carbocycles. The summed E-state index contributed by atoms with van der Waals surface area (Å²) in [5.74, 6) is 0.600. The predicted octanol–water partition coefficient (Wildman–Crippen LogP) is 4.91. The molecular formula is C21H19N3O3S. The van der Waals surface area contributed by atoms with Crippen molar-refractivity contribution in [2.75, 3.05) is 0 Å². The zero-order valence-electron chi connectivity index (χ0n) is 15.5. The second-order valence-electron chi connectivity index (χ2n) is 6.47. The molecule has 1 N–H and O–H groups in total. The summed E-state index contributed by atoms with van der Waals surface area (Å²) in [7, 11) is 0. The number of carbonyl (C=O) groups is 1. The molecule has 0 aliphatic heterocycles. The van der Waals surface area contributed by atoms with Crippen LogP contribution in [-0.4, -0.2) is 15.9 Å². The van der Waals surface area contributed by atoms with Gasteiger partial charge < -0.3 is 14.2 Å². The Bertz CT molecular complexity index is 1100. The lowest BCUT2D eigenvalue weighted by Gasteiger charge is -2.12. The zero-order valence-corrected chi connectivity index (χ0v) is 16.3. The van der Waals surface area contributed by atoms with Gasteiger partial charge in [0.25, 0.3) is 11.1 Å². The number of nitrogens with zero attached hydrogens (tertiary/aromatic N) is 2. The van der Waals surface area contributed by atoms with Crippen molar-refractivity contribution in [3.05, 3.63) is 77.5 Å². The molecule has 0 aliphatic rings. The van der Waals surface area contributed by atoms with Gasteiger partial charge in [0.2, 0.25) is 5.89 Å². The van der Waals surface area contributed by atoms with Crippen molar-refractivity contribution in [3.8, 4) is 0 Å². The Morgan fingerprint density at radius 3 is 2.82 bits per heavy atom. The highest BCUT2D eigenvalue weighted by molar-refractivity contribution is 7.98. The zero-order chi connectivity index (χ0) is 19.5. The molecular weight excluding hydrogens is 374 g/mol. The molecule has 2 aromatic heterocycles. The molecule has 0 radical (unpaired) electrons. The molecule has 6 nitrogen and oxygen atoms in total. The Labute approximate surface area is 166 Å². The number of nitrogens with one attached hydrogen (secondary N) is 1. The van der Waals surface area contributed by atoms with Crippen LogP contribution in [0.3, 0.4) is 0 Å². The monoisotopic (exact) mass is 393 g/mol. The van der Waals surface area contributed by atoms with Crippen LogP contribution in [0.2, 0.25) is 0 Å². The smallest absolute Gasteiger partial charge is 0.273 e. The maximum Gasteiger partial charge on any atom is 0.273 e. The lowest BCUT2D eigenvalue weighted by atomic mass is 10.1. The van der Waals surface area contributed by atoms with Gasteiger partial charge in [0.1, 0.15) is 11.8 Å². The van der Waals surface area contributed by atoms with Crippen LogP contribution < -0.4 is 5.32 Å². The summed E-state index contributed by atoms with van der Waals surface area (Å²) in [6.07, 6.45) is 1.37. The molecule has 0 aliphatic carbocycles. The van der Waals surface area contributed by atoms with Gasteiger partial charge in [-0.3, -0.25) is 4.79 Å². The number of benzene rings is 2. The molecule has 0 fully saturated rings. The van der Waals surface area contributed by atoms with E-state index in [1.165, 1.54) is 18.0 Å². The van der Waals surface area contributed by atoms with Crippen LogP contribution >= 0.6 is 11.8 Å². The molecule has 0 spiro atoms. The number of rotatable bonds is 6. The van der Waals surface area contributed by atoms with Crippen LogP contribution in [0.15, 0.2) is 68.9 Å². The second kappa shape index (κ2) is 7.90. The van der Waals surface area contributed by atoms with Crippen molar-refractivity contribution >= 4 is 28.8 Å². The molecule has 142 valence electrons. The van der Waals surface area contributed by atoms with E-state index in [9.17, 15) is 4.79 Å². The van der Waals surface area contributed by atoms with E-state index in [2.05, 4.69) is 15.3 Å². The molecule has 7 heteroatoms. The molecule has 4 aromatic rings. The Morgan fingerprint density at radius 1 is 1.18 bits per heavy atom. The van der Waals surface area contributed by atoms with Gasteiger partial charge in [-0.1, -0.05) is 48.2 Å². The van der Waals surface area contributed by atoms with E-state index in [0.29, 0.717) is 16.9 Å². The third kappa shape index (κ3) is 4.09. The number of oxazole rings is 2. The van der Waals surface area contributed by atoms with Crippen molar-refractivity contribution in [1.29, 1.82) is 0 Å². The van der Waals surface area contributed by atoms with E-state index >= 15 is 0 Å². The van der Waals surface area contributed by atoms with E-state index in [4.69, 9.17) is 8.83 Å². The molecule has 0 saturated heterocycles. The quantitative estimate of drug-likeness (QED) is 0.469. The third-order valence-electron chi connectivity index (χ3n) is 4.27. The average molecular weight is 393 g/mol. The van der Waals surface area contributed by atoms with Crippen molar-refractivity contribution in [1.82, 2.24) is 15.3 Å². The molecule has 28 heavy (non-hydrogen) atoms. The summed E-state index contributed by atoms with van der Waals surface area (Å²) < 4.78 is 11.1. The standard InChI is InChI=1S/C21H19N3O3S/c1-13-8-9-18-16(10-13)24-21(27-18)28-12-19-23-17(11-26-19)20(25)22-14(2)15-6-4-3-5-7-15/h3-11,14H,12H2,1-2H3,(H,22,25)/t14-/m0/s1. The lowest BCUT2D eigenvalue weighted by Crippen LogP contribution is -2.26. The Morgan fingerprint density at radius 2 is 2.00 bits per heavy atom. The minimum atomic E-state index is -0.270. The van der Waals surface area contributed by atoms with Gasteiger partial charge in [0, 0.05) is 0 Å². The first kappa shape index (κ1) is 18.3. The largest absolute Gasteiger partial charge is 0.447 e. The normalized spacial score (nSPS) is 12.2. The maximum atomic E-state index is 12.4. The first-order valence-electron chi connectivity index (χ1n) is 8.89. The highest BCUT2D eigenvalue weighted by Gasteiger charge is 2.16. The van der Waals surface area contributed by atoms with Gasteiger partial charge in [0.15, 0.2) is 11.3 Å². The summed E-state index contributed by atoms with van der Waals surface area (Å²) in [6.45, 7) is 3.94. The van der Waals surface area contributed by atoms with Gasteiger partial charge in [-0.25, -0.2) is 9.97 Å². The minimum Gasteiger partial charge on any atom is -0.447 e. The maximum absolute atomic E-state index is 12.4. The van der Waals surface area contributed by atoms with Gasteiger partial charge in [-0.2, -0.15) is 0 Å². The lowest BCUT2D eigenvalue weighted by molar-refractivity contribution is 0.0935. The van der Waals surface area contributed by atoms with Crippen molar-refractivity contribution in [2.45, 2.75) is 30.9 Å². The van der Waals surface area contributed by atoms with Crippen molar-refractivity contribution < 1.29 is 13.6 Å². The number of thioether (sulfide) groups is 1. The summed E-state index contributed by atoms with van der Waals surface area (Å²) >= 11 is 1.38. The Kier molecular flexibility index (Phi) is 5.16.